The minimum absolute atomic E-state index is 0.123. The van der Waals surface area contributed by atoms with Crippen LogP contribution < -0.4 is 5.73 Å². The molecule has 0 bridgehead atoms. The molecule has 0 aliphatic rings. The van der Waals surface area contributed by atoms with Gasteiger partial charge in [-0.1, -0.05) is 66.7 Å². The number of rotatable bonds is 5. The van der Waals surface area contributed by atoms with E-state index in [4.69, 9.17) is 5.73 Å². The van der Waals surface area contributed by atoms with Gasteiger partial charge in [-0.2, -0.15) is 0 Å². The minimum atomic E-state index is -0.123. The molecule has 0 amide bonds. The summed E-state index contributed by atoms with van der Waals surface area (Å²) in [6.45, 7) is 0. The lowest BCUT2D eigenvalue weighted by molar-refractivity contribution is 0.855. The summed E-state index contributed by atoms with van der Waals surface area (Å²) in [4.78, 5) is 4.52. The smallest absolute Gasteiger partial charge is 0.0963 e. The van der Waals surface area contributed by atoms with Gasteiger partial charge in [0.1, 0.15) is 0 Å². The Bertz CT molecular complexity index is 697. The lowest BCUT2D eigenvalue weighted by atomic mass is 10.0. The Morgan fingerprint density at radius 1 is 0.818 bits per heavy atom. The van der Waals surface area contributed by atoms with Crippen molar-refractivity contribution in [3.63, 3.8) is 0 Å². The van der Waals surface area contributed by atoms with Crippen molar-refractivity contribution in [1.82, 2.24) is 4.98 Å². The van der Waals surface area contributed by atoms with Gasteiger partial charge in [0.15, 0.2) is 0 Å². The lowest BCUT2D eigenvalue weighted by Gasteiger charge is -2.12. The Morgan fingerprint density at radius 3 is 2.14 bits per heavy atom. The van der Waals surface area contributed by atoms with Gasteiger partial charge in [0, 0.05) is 11.9 Å². The van der Waals surface area contributed by atoms with E-state index in [1.165, 1.54) is 5.56 Å². The van der Waals surface area contributed by atoms with Gasteiger partial charge in [0.05, 0.1) is 11.1 Å². The monoisotopic (exact) mass is 306 g/mol. The molecule has 110 valence electrons. The highest BCUT2D eigenvalue weighted by Crippen LogP contribution is 2.23. The molecule has 3 aromatic rings. The van der Waals surface area contributed by atoms with Gasteiger partial charge in [0.25, 0.3) is 0 Å². The maximum Gasteiger partial charge on any atom is 0.0963 e. The topological polar surface area (TPSA) is 38.9 Å². The van der Waals surface area contributed by atoms with Crippen LogP contribution in [0.3, 0.4) is 0 Å². The van der Waals surface area contributed by atoms with E-state index in [1.807, 2.05) is 48.7 Å². The molecule has 0 aliphatic heterocycles. The predicted molar refractivity (Wildman–Crippen MR) is 92.7 cm³/mol. The van der Waals surface area contributed by atoms with Crippen molar-refractivity contribution >= 4 is 11.8 Å². The molecular weight excluding hydrogens is 288 g/mol. The predicted octanol–water partition coefficient (Wildman–Crippen LogP) is 4.42. The number of aromatic nitrogens is 1. The summed E-state index contributed by atoms with van der Waals surface area (Å²) in [5.41, 5.74) is 9.73. The second kappa shape index (κ2) is 7.25. The Balaban J connectivity index is 1.65. The lowest BCUT2D eigenvalue weighted by Crippen LogP contribution is -2.11. The van der Waals surface area contributed by atoms with Crippen molar-refractivity contribution in [3.8, 4) is 0 Å². The molecule has 3 heteroatoms. The molecule has 0 spiro atoms. The summed E-state index contributed by atoms with van der Waals surface area (Å²) in [6.07, 6.45) is 1.88. The third-order valence-electron chi connectivity index (χ3n) is 3.51. The second-order valence-electron chi connectivity index (χ2n) is 5.09. The van der Waals surface area contributed by atoms with Gasteiger partial charge in [-0.15, -0.1) is 11.8 Å². The number of benzene rings is 2. The zero-order valence-electron chi connectivity index (χ0n) is 12.2. The van der Waals surface area contributed by atoms with E-state index in [1.54, 1.807) is 11.8 Å². The fourth-order valence-corrected chi connectivity index (χ4v) is 3.04. The van der Waals surface area contributed by atoms with Crippen molar-refractivity contribution < 1.29 is 0 Å². The fraction of sp³-hybridized carbons (Fsp3) is 0.105. The van der Waals surface area contributed by atoms with Crippen LogP contribution in [0.4, 0.5) is 0 Å². The number of nitrogens with zero attached hydrogens (tertiary/aromatic N) is 1. The van der Waals surface area contributed by atoms with Crippen LogP contribution in [0.25, 0.3) is 0 Å². The van der Waals surface area contributed by atoms with Gasteiger partial charge < -0.3 is 5.73 Å². The molecule has 0 unspecified atom stereocenters. The van der Waals surface area contributed by atoms with E-state index in [2.05, 4.69) is 35.3 Å². The number of thioether (sulfide) groups is 1. The van der Waals surface area contributed by atoms with E-state index in [-0.39, 0.29) is 6.04 Å². The number of hydrogen-bond acceptors (Lipinski definition) is 3. The Kier molecular flexibility index (Phi) is 4.88. The summed E-state index contributed by atoms with van der Waals surface area (Å²) in [5, 5.41) is 1.02. The van der Waals surface area contributed by atoms with Crippen LogP contribution in [-0.2, 0) is 5.75 Å². The number of hydrogen-bond donors (Lipinski definition) is 1. The van der Waals surface area contributed by atoms with Crippen LogP contribution >= 0.6 is 11.8 Å². The van der Waals surface area contributed by atoms with E-state index in [9.17, 15) is 0 Å². The van der Waals surface area contributed by atoms with Gasteiger partial charge in [-0.25, -0.2) is 4.98 Å². The SMILES string of the molecule is N[C@H](c1ccccc1)c1ccc(SCc2ccccc2)nc1. The van der Waals surface area contributed by atoms with Crippen LogP contribution in [0.1, 0.15) is 22.7 Å². The highest BCUT2D eigenvalue weighted by molar-refractivity contribution is 7.98. The van der Waals surface area contributed by atoms with Crippen LogP contribution in [0.5, 0.6) is 0 Å². The molecule has 0 saturated heterocycles. The quantitative estimate of drug-likeness (QED) is 0.709. The van der Waals surface area contributed by atoms with Crippen molar-refractivity contribution in [3.05, 3.63) is 95.7 Å². The molecule has 1 atom stereocenters. The van der Waals surface area contributed by atoms with Gasteiger partial charge in [-0.3, -0.25) is 0 Å². The first-order valence-corrected chi connectivity index (χ1v) is 8.25. The molecule has 0 saturated carbocycles. The highest BCUT2D eigenvalue weighted by atomic mass is 32.2. The Labute approximate surface area is 135 Å². The van der Waals surface area contributed by atoms with Crippen LogP contribution in [0.15, 0.2) is 84.0 Å². The summed E-state index contributed by atoms with van der Waals surface area (Å²) in [5.74, 6) is 0.928. The molecule has 2 aromatic carbocycles. The van der Waals surface area contributed by atoms with Crippen LogP contribution in [-0.4, -0.2) is 4.98 Å². The zero-order valence-corrected chi connectivity index (χ0v) is 13.0. The molecular formula is C19H18N2S. The third-order valence-corrected chi connectivity index (χ3v) is 4.52. The van der Waals surface area contributed by atoms with Crippen molar-refractivity contribution in [2.45, 2.75) is 16.8 Å². The molecule has 0 aliphatic carbocycles. The molecule has 2 N–H and O–H groups in total. The third kappa shape index (κ3) is 3.75. The summed E-state index contributed by atoms with van der Waals surface area (Å²) in [7, 11) is 0. The molecule has 0 radical (unpaired) electrons. The average molecular weight is 306 g/mol. The summed E-state index contributed by atoms with van der Waals surface area (Å²) >= 11 is 1.74. The standard InChI is InChI=1S/C19H18N2S/c20-19(16-9-5-2-6-10-16)17-11-12-18(21-13-17)22-14-15-7-3-1-4-8-15/h1-13,19H,14,20H2/t19-/m1/s1. The van der Waals surface area contributed by atoms with Crippen molar-refractivity contribution in [1.29, 1.82) is 0 Å². The van der Waals surface area contributed by atoms with Crippen molar-refractivity contribution in [2.75, 3.05) is 0 Å². The van der Waals surface area contributed by atoms with Crippen LogP contribution in [0, 0.1) is 0 Å². The number of nitrogens with two attached hydrogens (primary N) is 1. The Hall–Kier alpha value is -2.10. The van der Waals surface area contributed by atoms with E-state index < -0.39 is 0 Å². The normalized spacial score (nSPS) is 12.0. The molecule has 22 heavy (non-hydrogen) atoms. The maximum atomic E-state index is 6.28. The van der Waals surface area contributed by atoms with E-state index >= 15 is 0 Å². The first-order chi connectivity index (χ1) is 10.8. The maximum absolute atomic E-state index is 6.28. The zero-order chi connectivity index (χ0) is 15.2. The van der Waals surface area contributed by atoms with Gasteiger partial charge in [0.2, 0.25) is 0 Å². The molecule has 1 heterocycles. The summed E-state index contributed by atoms with van der Waals surface area (Å²) < 4.78 is 0. The van der Waals surface area contributed by atoms with Crippen LogP contribution in [0.2, 0.25) is 0 Å². The first kappa shape index (κ1) is 14.8. The second-order valence-corrected chi connectivity index (χ2v) is 6.09. The fourth-order valence-electron chi connectivity index (χ4n) is 2.25. The Morgan fingerprint density at radius 2 is 1.50 bits per heavy atom. The molecule has 2 nitrogen and oxygen atoms in total. The average Bonchev–Trinajstić information content (AvgIpc) is 2.61. The molecule has 1 aromatic heterocycles. The first-order valence-electron chi connectivity index (χ1n) is 7.26. The molecule has 0 fully saturated rings. The number of pyridine rings is 1. The van der Waals surface area contributed by atoms with Crippen molar-refractivity contribution in [2.24, 2.45) is 5.73 Å². The minimum Gasteiger partial charge on any atom is -0.320 e. The van der Waals surface area contributed by atoms with Gasteiger partial charge >= 0.3 is 0 Å². The van der Waals surface area contributed by atoms with Gasteiger partial charge in [-0.05, 0) is 22.8 Å². The van der Waals surface area contributed by atoms with E-state index in [0.29, 0.717) is 0 Å². The highest BCUT2D eigenvalue weighted by Gasteiger charge is 2.08. The van der Waals surface area contributed by atoms with E-state index in [0.717, 1.165) is 21.9 Å². The summed E-state index contributed by atoms with van der Waals surface area (Å²) in [6, 6.07) is 24.5. The molecule has 3 rings (SSSR count). The largest absolute Gasteiger partial charge is 0.320 e.